The van der Waals surface area contributed by atoms with Crippen LogP contribution in [0.5, 0.6) is 5.75 Å². The van der Waals surface area contributed by atoms with Crippen molar-refractivity contribution >= 4 is 0 Å². The molecule has 1 saturated heterocycles. The number of ether oxygens (including phenoxy) is 3. The highest BCUT2D eigenvalue weighted by atomic mass is 19.1. The molecule has 0 amide bonds. The lowest BCUT2D eigenvalue weighted by Crippen LogP contribution is -2.25. The molecule has 4 heteroatoms. The summed E-state index contributed by atoms with van der Waals surface area (Å²) in [4.78, 5) is 0. The minimum atomic E-state index is -0.531. The second-order valence-electron chi connectivity index (χ2n) is 4.22. The number of rotatable bonds is 3. The van der Waals surface area contributed by atoms with Gasteiger partial charge in [-0.25, -0.2) is 4.39 Å². The number of hydrogen-bond acceptors (Lipinski definition) is 3. The normalized spacial score (nSPS) is 23.3. The predicted octanol–water partition coefficient (Wildman–Crippen LogP) is 2.36. The Kier molecular flexibility index (Phi) is 3.12. The molecular formula is C12H15FO3. The predicted molar refractivity (Wildman–Crippen MR) is 56.8 cm³/mol. The van der Waals surface area contributed by atoms with Gasteiger partial charge in [-0.2, -0.15) is 0 Å². The van der Waals surface area contributed by atoms with E-state index in [-0.39, 0.29) is 11.9 Å². The molecule has 2 rings (SSSR count). The van der Waals surface area contributed by atoms with Crippen molar-refractivity contribution in [3.8, 4) is 5.75 Å². The summed E-state index contributed by atoms with van der Waals surface area (Å²) in [6.45, 7) is 4.67. The second kappa shape index (κ2) is 4.39. The summed E-state index contributed by atoms with van der Waals surface area (Å²) in [7, 11) is 0. The molecule has 0 aromatic heterocycles. The Bertz CT molecular complexity index is 348. The lowest BCUT2D eigenvalue weighted by Gasteiger charge is -2.17. The van der Waals surface area contributed by atoms with Crippen molar-refractivity contribution in [1.29, 1.82) is 0 Å². The van der Waals surface area contributed by atoms with Crippen LogP contribution in [0.3, 0.4) is 0 Å². The molecule has 1 atom stereocenters. The highest BCUT2D eigenvalue weighted by Gasteiger charge is 2.32. The van der Waals surface area contributed by atoms with Crippen LogP contribution in [0.25, 0.3) is 0 Å². The van der Waals surface area contributed by atoms with Gasteiger partial charge < -0.3 is 14.2 Å². The first-order valence-electron chi connectivity index (χ1n) is 5.25. The molecule has 0 radical (unpaired) electrons. The Hall–Kier alpha value is -1.13. The Balaban J connectivity index is 1.82. The summed E-state index contributed by atoms with van der Waals surface area (Å²) < 4.78 is 29.1. The van der Waals surface area contributed by atoms with E-state index >= 15 is 0 Å². The van der Waals surface area contributed by atoms with Crippen molar-refractivity contribution < 1.29 is 18.6 Å². The van der Waals surface area contributed by atoms with Gasteiger partial charge in [-0.3, -0.25) is 0 Å². The van der Waals surface area contributed by atoms with Crippen molar-refractivity contribution in [1.82, 2.24) is 0 Å². The van der Waals surface area contributed by atoms with Gasteiger partial charge in [0.15, 0.2) is 5.79 Å². The molecule has 88 valence electrons. The van der Waals surface area contributed by atoms with E-state index in [2.05, 4.69) is 0 Å². The smallest absolute Gasteiger partial charge is 0.163 e. The summed E-state index contributed by atoms with van der Waals surface area (Å²) in [5, 5.41) is 0. The van der Waals surface area contributed by atoms with Crippen molar-refractivity contribution in [2.24, 2.45) is 0 Å². The van der Waals surface area contributed by atoms with Crippen molar-refractivity contribution in [2.75, 3.05) is 13.2 Å². The molecule has 1 aromatic carbocycles. The first-order valence-corrected chi connectivity index (χ1v) is 5.25. The van der Waals surface area contributed by atoms with Crippen LogP contribution in [0.4, 0.5) is 4.39 Å². The van der Waals surface area contributed by atoms with E-state index < -0.39 is 5.79 Å². The third kappa shape index (κ3) is 2.93. The van der Waals surface area contributed by atoms with Crippen LogP contribution in [-0.4, -0.2) is 25.1 Å². The van der Waals surface area contributed by atoms with Gasteiger partial charge in [0.05, 0.1) is 6.61 Å². The topological polar surface area (TPSA) is 27.7 Å². The van der Waals surface area contributed by atoms with Crippen LogP contribution in [0.15, 0.2) is 24.3 Å². The minimum absolute atomic E-state index is 0.0694. The quantitative estimate of drug-likeness (QED) is 0.791. The fraction of sp³-hybridized carbons (Fsp3) is 0.500. The maximum atomic E-state index is 12.6. The molecule has 0 spiro atoms. The highest BCUT2D eigenvalue weighted by molar-refractivity contribution is 5.22. The average molecular weight is 226 g/mol. The number of benzene rings is 1. The van der Waals surface area contributed by atoms with Crippen LogP contribution in [0, 0.1) is 5.82 Å². The Morgan fingerprint density at radius 3 is 2.62 bits per heavy atom. The van der Waals surface area contributed by atoms with Crippen molar-refractivity contribution in [3.05, 3.63) is 30.1 Å². The molecule has 1 aromatic rings. The zero-order valence-corrected chi connectivity index (χ0v) is 9.40. The number of hydrogen-bond donors (Lipinski definition) is 0. The van der Waals surface area contributed by atoms with E-state index in [4.69, 9.17) is 14.2 Å². The molecule has 0 saturated carbocycles. The SMILES string of the molecule is CC1(C)OC[C@H](COc2ccc(F)cc2)O1. The molecule has 3 nitrogen and oxygen atoms in total. The highest BCUT2D eigenvalue weighted by Crippen LogP contribution is 2.23. The average Bonchev–Trinajstić information content (AvgIpc) is 2.58. The van der Waals surface area contributed by atoms with E-state index in [1.54, 1.807) is 12.1 Å². The first-order chi connectivity index (χ1) is 7.55. The van der Waals surface area contributed by atoms with Crippen LogP contribution in [0.2, 0.25) is 0 Å². The second-order valence-corrected chi connectivity index (χ2v) is 4.22. The zero-order valence-electron chi connectivity index (χ0n) is 9.40. The van der Waals surface area contributed by atoms with Gasteiger partial charge in [0.25, 0.3) is 0 Å². The molecule has 1 heterocycles. The molecule has 1 aliphatic rings. The third-order valence-electron chi connectivity index (χ3n) is 2.32. The molecule has 0 aliphatic carbocycles. The minimum Gasteiger partial charge on any atom is -0.491 e. The Morgan fingerprint density at radius 2 is 2.06 bits per heavy atom. The van der Waals surface area contributed by atoms with E-state index in [9.17, 15) is 4.39 Å². The van der Waals surface area contributed by atoms with Gasteiger partial charge in [0.1, 0.15) is 24.3 Å². The van der Waals surface area contributed by atoms with Gasteiger partial charge in [-0.1, -0.05) is 0 Å². The lowest BCUT2D eigenvalue weighted by atomic mass is 10.3. The molecule has 0 N–H and O–H groups in total. The molecule has 1 aliphatic heterocycles. The van der Waals surface area contributed by atoms with Crippen LogP contribution in [-0.2, 0) is 9.47 Å². The summed E-state index contributed by atoms with van der Waals surface area (Å²) in [6, 6.07) is 5.92. The fourth-order valence-corrected chi connectivity index (χ4v) is 1.57. The van der Waals surface area contributed by atoms with E-state index in [0.717, 1.165) is 0 Å². The molecule has 0 bridgehead atoms. The van der Waals surface area contributed by atoms with Crippen molar-refractivity contribution in [3.63, 3.8) is 0 Å². The van der Waals surface area contributed by atoms with Crippen molar-refractivity contribution in [2.45, 2.75) is 25.7 Å². The molecular weight excluding hydrogens is 211 g/mol. The molecule has 1 fully saturated rings. The summed E-state index contributed by atoms with van der Waals surface area (Å²) in [6.07, 6.45) is -0.0694. The summed E-state index contributed by atoms with van der Waals surface area (Å²) in [5.41, 5.74) is 0. The summed E-state index contributed by atoms with van der Waals surface area (Å²) >= 11 is 0. The Morgan fingerprint density at radius 1 is 1.38 bits per heavy atom. The third-order valence-corrected chi connectivity index (χ3v) is 2.32. The van der Waals surface area contributed by atoms with Gasteiger partial charge >= 0.3 is 0 Å². The zero-order chi connectivity index (χ0) is 11.6. The maximum Gasteiger partial charge on any atom is 0.163 e. The fourth-order valence-electron chi connectivity index (χ4n) is 1.57. The molecule has 0 unspecified atom stereocenters. The van der Waals surface area contributed by atoms with E-state index in [1.165, 1.54) is 12.1 Å². The lowest BCUT2D eigenvalue weighted by molar-refractivity contribution is -0.141. The van der Waals surface area contributed by atoms with Gasteiger partial charge in [0, 0.05) is 0 Å². The monoisotopic (exact) mass is 226 g/mol. The van der Waals surface area contributed by atoms with E-state index in [0.29, 0.717) is 19.0 Å². The molecule has 16 heavy (non-hydrogen) atoms. The number of halogens is 1. The van der Waals surface area contributed by atoms with Gasteiger partial charge in [-0.15, -0.1) is 0 Å². The van der Waals surface area contributed by atoms with Gasteiger partial charge in [-0.05, 0) is 38.1 Å². The van der Waals surface area contributed by atoms with Crippen LogP contribution < -0.4 is 4.74 Å². The van der Waals surface area contributed by atoms with Gasteiger partial charge in [0.2, 0.25) is 0 Å². The first kappa shape index (κ1) is 11.4. The standard InChI is InChI=1S/C12H15FO3/c1-12(2)15-8-11(16-12)7-14-10-5-3-9(13)4-6-10/h3-6,11H,7-8H2,1-2H3/t11-/m0/s1. The Labute approximate surface area is 94.1 Å². The van der Waals surface area contributed by atoms with Crippen LogP contribution >= 0.6 is 0 Å². The van der Waals surface area contributed by atoms with Crippen LogP contribution in [0.1, 0.15) is 13.8 Å². The largest absolute Gasteiger partial charge is 0.491 e. The maximum absolute atomic E-state index is 12.6. The van der Waals surface area contributed by atoms with E-state index in [1.807, 2.05) is 13.8 Å². The summed E-state index contributed by atoms with van der Waals surface area (Å²) in [5.74, 6) is -0.166.